The first-order valence-electron chi connectivity index (χ1n) is 14.2. The molecule has 0 radical (unpaired) electrons. The fraction of sp³-hybridized carbons (Fsp3) is 0. The van der Waals surface area contributed by atoms with E-state index in [0.29, 0.717) is 17.7 Å². The van der Waals surface area contributed by atoms with Crippen LogP contribution in [0.1, 0.15) is 0 Å². The van der Waals surface area contributed by atoms with Gasteiger partial charge in [-0.3, -0.25) is 9.47 Å². The zero-order valence-electron chi connectivity index (χ0n) is 22.9. The highest BCUT2D eigenvalue weighted by atomic mass is 32.2. The highest BCUT2D eigenvalue weighted by Gasteiger charge is 2.28. The Balaban J connectivity index is 1.36. The molecule has 0 aliphatic carbocycles. The number of benzene rings is 6. The molecule has 0 amide bonds. The fourth-order valence-electron chi connectivity index (χ4n) is 6.07. The van der Waals surface area contributed by atoms with Crippen LogP contribution in [-0.4, -0.2) is 19.5 Å². The predicted octanol–water partition coefficient (Wildman–Crippen LogP) is 9.72. The number of nitrogens with zero attached hydrogens (tertiary/aromatic N) is 5. The van der Waals surface area contributed by atoms with Gasteiger partial charge < -0.3 is 0 Å². The van der Waals surface area contributed by atoms with Crippen molar-refractivity contribution in [3.63, 3.8) is 0 Å². The minimum atomic E-state index is 0.579. The maximum atomic E-state index is 5.24. The van der Waals surface area contributed by atoms with E-state index in [1.165, 1.54) is 5.39 Å². The molecule has 0 saturated carbocycles. The second-order valence-corrected chi connectivity index (χ2v) is 11.6. The molecule has 0 unspecified atom stereocenters. The van der Waals surface area contributed by atoms with E-state index in [4.69, 9.17) is 15.0 Å². The van der Waals surface area contributed by atoms with Gasteiger partial charge in [-0.1, -0.05) is 109 Å². The maximum Gasteiger partial charge on any atom is 0.240 e. The lowest BCUT2D eigenvalue weighted by Crippen LogP contribution is -2.19. The van der Waals surface area contributed by atoms with Crippen LogP contribution in [0.3, 0.4) is 0 Å². The summed E-state index contributed by atoms with van der Waals surface area (Å²) in [6, 6.07) is 48.6. The van der Waals surface area contributed by atoms with Gasteiger partial charge in [-0.2, -0.15) is 15.0 Å². The van der Waals surface area contributed by atoms with Gasteiger partial charge in [-0.25, -0.2) is 0 Å². The molecule has 6 heteroatoms. The fourth-order valence-corrected chi connectivity index (χ4v) is 7.13. The summed E-state index contributed by atoms with van der Waals surface area (Å²) in [5.41, 5.74) is 5.16. The molecule has 1 aliphatic rings. The lowest BCUT2D eigenvalue weighted by atomic mass is 10.1. The number of anilines is 3. The topological polar surface area (TPSA) is 46.8 Å². The lowest BCUT2D eigenvalue weighted by molar-refractivity contribution is 0.926. The second-order valence-electron chi connectivity index (χ2n) is 10.6. The molecule has 2 aromatic heterocycles. The molecule has 0 spiro atoms. The summed E-state index contributed by atoms with van der Waals surface area (Å²) in [7, 11) is 0. The molecule has 9 rings (SSSR count). The minimum absolute atomic E-state index is 0.579. The number of hydrogen-bond acceptors (Lipinski definition) is 5. The average molecular weight is 570 g/mol. The molecule has 43 heavy (non-hydrogen) atoms. The van der Waals surface area contributed by atoms with Crippen molar-refractivity contribution >= 4 is 61.7 Å². The smallest absolute Gasteiger partial charge is 0.240 e. The molecule has 6 aromatic carbocycles. The first kappa shape index (κ1) is 24.2. The van der Waals surface area contributed by atoms with Crippen molar-refractivity contribution in [1.82, 2.24) is 19.5 Å². The van der Waals surface area contributed by atoms with Crippen LogP contribution >= 0.6 is 11.8 Å². The molecule has 0 atom stereocenters. The molecule has 8 aromatic rings. The lowest BCUT2D eigenvalue weighted by Gasteiger charge is -2.31. The summed E-state index contributed by atoms with van der Waals surface area (Å²) in [6.07, 6.45) is 0. The number of hydrogen-bond donors (Lipinski definition) is 0. The van der Waals surface area contributed by atoms with Crippen LogP contribution in [-0.2, 0) is 0 Å². The molecule has 202 valence electrons. The Kier molecular flexibility index (Phi) is 5.36. The Morgan fingerprint density at radius 1 is 0.465 bits per heavy atom. The Bertz CT molecular complexity index is 2260. The second kappa shape index (κ2) is 9.54. The van der Waals surface area contributed by atoms with Crippen LogP contribution in [0.15, 0.2) is 149 Å². The first-order valence-corrected chi connectivity index (χ1v) is 15.0. The molecule has 3 heterocycles. The van der Waals surface area contributed by atoms with E-state index in [1.807, 2.05) is 0 Å². The molecule has 5 nitrogen and oxygen atoms in total. The Labute approximate surface area is 252 Å². The van der Waals surface area contributed by atoms with Gasteiger partial charge in [0.1, 0.15) is 0 Å². The Morgan fingerprint density at radius 2 is 1.02 bits per heavy atom. The van der Waals surface area contributed by atoms with Crippen LogP contribution < -0.4 is 4.90 Å². The molecule has 1 aliphatic heterocycles. The van der Waals surface area contributed by atoms with E-state index >= 15 is 0 Å². The zero-order valence-corrected chi connectivity index (χ0v) is 23.7. The van der Waals surface area contributed by atoms with Gasteiger partial charge in [0.15, 0.2) is 5.82 Å². The first-order chi connectivity index (χ1) is 21.3. The molecular weight excluding hydrogens is 547 g/mol. The van der Waals surface area contributed by atoms with Crippen molar-refractivity contribution in [3.8, 4) is 17.3 Å². The maximum absolute atomic E-state index is 5.24. The highest BCUT2D eigenvalue weighted by Crippen LogP contribution is 2.50. The largest absolute Gasteiger partial charge is 0.278 e. The van der Waals surface area contributed by atoms with E-state index in [9.17, 15) is 0 Å². The minimum Gasteiger partial charge on any atom is -0.278 e. The van der Waals surface area contributed by atoms with Crippen molar-refractivity contribution in [1.29, 1.82) is 0 Å². The number of para-hydroxylation sites is 4. The summed E-state index contributed by atoms with van der Waals surface area (Å²) in [5.74, 6) is 1.79. The van der Waals surface area contributed by atoms with Gasteiger partial charge >= 0.3 is 0 Å². The number of aromatic nitrogens is 4. The summed E-state index contributed by atoms with van der Waals surface area (Å²) in [6.45, 7) is 0. The Morgan fingerprint density at radius 3 is 1.72 bits per heavy atom. The van der Waals surface area contributed by atoms with Crippen molar-refractivity contribution in [3.05, 3.63) is 140 Å². The highest BCUT2D eigenvalue weighted by molar-refractivity contribution is 7.99. The van der Waals surface area contributed by atoms with E-state index in [0.717, 1.165) is 53.9 Å². The van der Waals surface area contributed by atoms with Crippen molar-refractivity contribution in [2.75, 3.05) is 4.90 Å². The van der Waals surface area contributed by atoms with Gasteiger partial charge in [-0.15, -0.1) is 0 Å². The molecular formula is C37H23N5S. The third kappa shape index (κ3) is 3.84. The number of rotatable bonds is 3. The summed E-state index contributed by atoms with van der Waals surface area (Å²) in [5, 5.41) is 4.65. The van der Waals surface area contributed by atoms with E-state index in [2.05, 4.69) is 149 Å². The van der Waals surface area contributed by atoms with Crippen molar-refractivity contribution < 1.29 is 0 Å². The van der Waals surface area contributed by atoms with Crippen LogP contribution in [0.5, 0.6) is 0 Å². The summed E-state index contributed by atoms with van der Waals surface area (Å²) < 4.78 is 2.16. The van der Waals surface area contributed by atoms with E-state index in [-0.39, 0.29) is 0 Å². The van der Waals surface area contributed by atoms with Crippen LogP contribution in [0.4, 0.5) is 17.3 Å². The molecule has 0 saturated heterocycles. The van der Waals surface area contributed by atoms with E-state index in [1.54, 1.807) is 11.8 Å². The van der Waals surface area contributed by atoms with Gasteiger partial charge in [-0.05, 0) is 53.2 Å². The molecule has 0 bridgehead atoms. The number of fused-ring (bicyclic) bond motifs is 6. The monoisotopic (exact) mass is 569 g/mol. The normalized spacial score (nSPS) is 12.5. The van der Waals surface area contributed by atoms with Gasteiger partial charge in [0.2, 0.25) is 11.9 Å². The van der Waals surface area contributed by atoms with E-state index < -0.39 is 0 Å². The van der Waals surface area contributed by atoms with Crippen LogP contribution in [0.25, 0.3) is 49.9 Å². The summed E-state index contributed by atoms with van der Waals surface area (Å²) in [4.78, 5) is 20.1. The standard InChI is InChI=1S/C37H23N5S/c1-2-12-25-23-26(22-21-24(25)11-1)35-38-36(41-29-15-5-3-13-27(29)28-14-4-6-16-30(28)41)40-37(39-35)42-31-17-7-9-19-33(31)43-34-20-10-8-18-32(34)42/h1-23H. The van der Waals surface area contributed by atoms with Crippen molar-refractivity contribution in [2.24, 2.45) is 0 Å². The van der Waals surface area contributed by atoms with Crippen molar-refractivity contribution in [2.45, 2.75) is 9.79 Å². The summed E-state index contributed by atoms with van der Waals surface area (Å²) >= 11 is 1.77. The average Bonchev–Trinajstić information content (AvgIpc) is 3.41. The molecule has 0 fully saturated rings. The molecule has 0 N–H and O–H groups in total. The van der Waals surface area contributed by atoms with Gasteiger partial charge in [0, 0.05) is 26.1 Å². The van der Waals surface area contributed by atoms with Gasteiger partial charge in [0.25, 0.3) is 0 Å². The Hall–Kier alpha value is -5.46. The van der Waals surface area contributed by atoms with Gasteiger partial charge in [0.05, 0.1) is 22.4 Å². The quantitative estimate of drug-likeness (QED) is 0.212. The zero-order chi connectivity index (χ0) is 28.3. The predicted molar refractivity (Wildman–Crippen MR) is 176 cm³/mol. The van der Waals surface area contributed by atoms with Crippen LogP contribution in [0.2, 0.25) is 0 Å². The third-order valence-electron chi connectivity index (χ3n) is 8.03. The van der Waals surface area contributed by atoms with Crippen LogP contribution in [0, 0.1) is 0 Å². The third-order valence-corrected chi connectivity index (χ3v) is 9.16. The SMILES string of the molecule is c1ccc2c(c1)Sc1ccccc1N2c1nc(-c2ccc3ccccc3c2)nc(-n2c3ccccc3c3ccccc32)n1.